The maximum Gasteiger partial charge on any atom is 0.327 e. The molecule has 2 saturated heterocycles. The number of aromatic nitrogens is 1. The van der Waals surface area contributed by atoms with Crippen molar-refractivity contribution in [2.24, 2.45) is 0 Å². The van der Waals surface area contributed by atoms with Gasteiger partial charge in [-0.2, -0.15) is 0 Å². The fraction of sp³-hybridized carbons (Fsp3) is 0.421. The lowest BCUT2D eigenvalue weighted by atomic mass is 9.86. The zero-order chi connectivity index (χ0) is 18.1. The first-order valence-electron chi connectivity index (χ1n) is 8.84. The molecule has 0 bridgehead atoms. The maximum absolute atomic E-state index is 13.2. The minimum atomic E-state index is -0.689. The number of thiazole rings is 1. The summed E-state index contributed by atoms with van der Waals surface area (Å²) in [5.41, 5.74) is 0.284. The van der Waals surface area contributed by atoms with Crippen LogP contribution in [-0.2, 0) is 17.9 Å². The van der Waals surface area contributed by atoms with Gasteiger partial charge in [0, 0.05) is 31.7 Å². The smallest absolute Gasteiger partial charge is 0.312 e. The number of hydrogen-bond acceptors (Lipinski definition) is 5. The second-order valence-electron chi connectivity index (χ2n) is 6.95. The number of amides is 3. The summed E-state index contributed by atoms with van der Waals surface area (Å²) >= 11 is 1.65. The van der Waals surface area contributed by atoms with Crippen LogP contribution in [0.2, 0.25) is 0 Å². The normalized spacial score (nSPS) is 20.3. The molecule has 2 aliphatic rings. The molecule has 1 aromatic heterocycles. The van der Waals surface area contributed by atoms with Gasteiger partial charge in [0.25, 0.3) is 5.91 Å². The minimum absolute atomic E-state index is 0.0530. The quantitative estimate of drug-likeness (QED) is 0.776. The lowest BCUT2D eigenvalue weighted by Gasteiger charge is -2.40. The highest BCUT2D eigenvalue weighted by molar-refractivity contribution is 7.09. The standard InChI is InChI=1S/C19H22N4O2S/c1-21-18(25)23(13-15-5-3-2-4-6-15)17(24)19(21)7-10-22(11-8-19)14-16-20-9-12-26-16/h2-6,9,12H,7-8,10-11,13-14H2,1H3. The largest absolute Gasteiger partial charge is 0.327 e. The fourth-order valence-corrected chi connectivity index (χ4v) is 4.56. The van der Waals surface area contributed by atoms with Crippen molar-refractivity contribution in [2.75, 3.05) is 20.1 Å². The molecule has 0 atom stereocenters. The molecule has 0 N–H and O–H groups in total. The lowest BCUT2D eigenvalue weighted by molar-refractivity contribution is -0.135. The zero-order valence-corrected chi connectivity index (χ0v) is 15.6. The first-order chi connectivity index (χ1) is 12.6. The SMILES string of the molecule is CN1C(=O)N(Cc2ccccc2)C(=O)C12CCN(Cc1nccs1)CC2. The third kappa shape index (κ3) is 2.91. The number of rotatable bonds is 4. The number of carbonyl (C=O) groups excluding carboxylic acids is 2. The molecule has 2 aliphatic heterocycles. The van der Waals surface area contributed by atoms with Gasteiger partial charge in [-0.05, 0) is 18.4 Å². The van der Waals surface area contributed by atoms with E-state index in [-0.39, 0.29) is 11.9 Å². The van der Waals surface area contributed by atoms with Crippen LogP contribution in [0.25, 0.3) is 0 Å². The molecule has 26 heavy (non-hydrogen) atoms. The Morgan fingerprint density at radius 2 is 1.85 bits per heavy atom. The van der Waals surface area contributed by atoms with Gasteiger partial charge in [0.15, 0.2) is 0 Å². The molecule has 1 spiro atoms. The summed E-state index contributed by atoms with van der Waals surface area (Å²) in [4.78, 5) is 35.6. The van der Waals surface area contributed by atoms with Crippen LogP contribution in [-0.4, -0.2) is 57.3 Å². The molecule has 3 amide bonds. The molecule has 136 valence electrons. The van der Waals surface area contributed by atoms with Crippen molar-refractivity contribution in [3.05, 3.63) is 52.5 Å². The summed E-state index contributed by atoms with van der Waals surface area (Å²) in [6.45, 7) is 2.74. The van der Waals surface area contributed by atoms with E-state index < -0.39 is 5.54 Å². The molecule has 4 rings (SSSR count). The number of likely N-dealkylation sites (N-methyl/N-ethyl adjacent to an activating group) is 1. The van der Waals surface area contributed by atoms with E-state index in [1.54, 1.807) is 23.3 Å². The summed E-state index contributed by atoms with van der Waals surface area (Å²) in [5, 5.41) is 3.07. The fourth-order valence-electron chi connectivity index (χ4n) is 3.90. The Hall–Kier alpha value is -2.25. The summed E-state index contributed by atoms with van der Waals surface area (Å²) in [6, 6.07) is 9.49. The number of likely N-dealkylation sites (tertiary alicyclic amines) is 1. The molecular formula is C19H22N4O2S. The average molecular weight is 370 g/mol. The number of carbonyl (C=O) groups is 2. The number of nitrogens with zero attached hydrogens (tertiary/aromatic N) is 4. The number of urea groups is 1. The molecule has 2 fully saturated rings. The molecule has 7 heteroatoms. The highest BCUT2D eigenvalue weighted by atomic mass is 32.1. The Morgan fingerprint density at radius 3 is 2.50 bits per heavy atom. The van der Waals surface area contributed by atoms with Crippen molar-refractivity contribution >= 4 is 23.3 Å². The minimum Gasteiger partial charge on any atom is -0.312 e. The van der Waals surface area contributed by atoms with Crippen LogP contribution in [0.1, 0.15) is 23.4 Å². The van der Waals surface area contributed by atoms with Gasteiger partial charge in [-0.1, -0.05) is 30.3 Å². The molecule has 0 radical (unpaired) electrons. The predicted octanol–water partition coefficient (Wildman–Crippen LogP) is 2.57. The van der Waals surface area contributed by atoms with Crippen molar-refractivity contribution in [2.45, 2.75) is 31.5 Å². The van der Waals surface area contributed by atoms with Crippen molar-refractivity contribution in [1.82, 2.24) is 19.7 Å². The molecule has 3 heterocycles. The Kier molecular flexibility index (Phi) is 4.50. The Bertz CT molecular complexity index is 785. The van der Waals surface area contributed by atoms with Crippen LogP contribution in [0.3, 0.4) is 0 Å². The molecule has 6 nitrogen and oxygen atoms in total. The van der Waals surface area contributed by atoms with E-state index in [0.717, 1.165) is 30.2 Å². The second-order valence-corrected chi connectivity index (χ2v) is 7.93. The van der Waals surface area contributed by atoms with E-state index in [1.807, 2.05) is 41.9 Å². The van der Waals surface area contributed by atoms with E-state index in [0.29, 0.717) is 19.4 Å². The Balaban J connectivity index is 1.46. The lowest BCUT2D eigenvalue weighted by Crippen LogP contribution is -2.55. The van der Waals surface area contributed by atoms with Crippen LogP contribution in [0.5, 0.6) is 0 Å². The van der Waals surface area contributed by atoms with E-state index >= 15 is 0 Å². The van der Waals surface area contributed by atoms with Crippen LogP contribution in [0.4, 0.5) is 4.79 Å². The van der Waals surface area contributed by atoms with Gasteiger partial charge in [-0.3, -0.25) is 14.6 Å². The number of benzene rings is 1. The molecule has 2 aromatic rings. The Labute approximate surface area is 157 Å². The van der Waals surface area contributed by atoms with Crippen molar-refractivity contribution < 1.29 is 9.59 Å². The third-order valence-corrected chi connectivity index (χ3v) is 6.28. The van der Waals surface area contributed by atoms with E-state index in [1.165, 1.54) is 4.90 Å². The molecular weight excluding hydrogens is 348 g/mol. The summed E-state index contributed by atoms with van der Waals surface area (Å²) in [5.74, 6) is -0.0530. The molecule has 1 aromatic carbocycles. The van der Waals surface area contributed by atoms with Crippen molar-refractivity contribution in [1.29, 1.82) is 0 Å². The average Bonchev–Trinajstić information content (AvgIpc) is 3.23. The van der Waals surface area contributed by atoms with Gasteiger partial charge >= 0.3 is 6.03 Å². The number of piperidine rings is 1. The van der Waals surface area contributed by atoms with Gasteiger partial charge in [0.1, 0.15) is 10.5 Å². The molecule has 0 unspecified atom stereocenters. The van der Waals surface area contributed by atoms with Gasteiger partial charge in [0.05, 0.1) is 13.1 Å². The van der Waals surface area contributed by atoms with Gasteiger partial charge in [-0.25, -0.2) is 9.78 Å². The summed E-state index contributed by atoms with van der Waals surface area (Å²) < 4.78 is 0. The molecule has 0 aliphatic carbocycles. The summed E-state index contributed by atoms with van der Waals surface area (Å²) in [6.07, 6.45) is 3.16. The highest BCUT2D eigenvalue weighted by Crippen LogP contribution is 2.37. The Morgan fingerprint density at radius 1 is 1.12 bits per heavy atom. The number of hydrogen-bond donors (Lipinski definition) is 0. The van der Waals surface area contributed by atoms with Gasteiger partial charge < -0.3 is 4.90 Å². The van der Waals surface area contributed by atoms with Crippen molar-refractivity contribution in [3.63, 3.8) is 0 Å². The first kappa shape index (κ1) is 17.2. The van der Waals surface area contributed by atoms with Crippen molar-refractivity contribution in [3.8, 4) is 0 Å². The first-order valence-corrected chi connectivity index (χ1v) is 9.72. The zero-order valence-electron chi connectivity index (χ0n) is 14.8. The van der Waals surface area contributed by atoms with E-state index in [9.17, 15) is 9.59 Å². The topological polar surface area (TPSA) is 56.8 Å². The summed E-state index contributed by atoms with van der Waals surface area (Å²) in [7, 11) is 1.77. The van der Waals surface area contributed by atoms with Gasteiger partial charge in [-0.15, -0.1) is 11.3 Å². The van der Waals surface area contributed by atoms with Crippen LogP contribution in [0.15, 0.2) is 41.9 Å². The highest BCUT2D eigenvalue weighted by Gasteiger charge is 2.56. The van der Waals surface area contributed by atoms with Crippen LogP contribution in [0, 0.1) is 0 Å². The number of imide groups is 1. The maximum atomic E-state index is 13.2. The van der Waals surface area contributed by atoms with Crippen LogP contribution >= 0.6 is 11.3 Å². The van der Waals surface area contributed by atoms with E-state index in [4.69, 9.17) is 0 Å². The second kappa shape index (κ2) is 6.81. The monoisotopic (exact) mass is 370 g/mol. The van der Waals surface area contributed by atoms with E-state index in [2.05, 4.69) is 9.88 Å². The van der Waals surface area contributed by atoms with Crippen LogP contribution < -0.4 is 0 Å². The predicted molar refractivity (Wildman–Crippen MR) is 99.5 cm³/mol. The third-order valence-electron chi connectivity index (χ3n) is 5.51. The molecule has 0 saturated carbocycles. The van der Waals surface area contributed by atoms with Gasteiger partial charge in [0.2, 0.25) is 0 Å².